The summed E-state index contributed by atoms with van der Waals surface area (Å²) in [5.74, 6) is 0.804. The van der Waals surface area contributed by atoms with Crippen LogP contribution in [0.2, 0.25) is 0 Å². The molecule has 0 bridgehead atoms. The Morgan fingerprint density at radius 2 is 2.00 bits per heavy atom. The molecule has 0 aromatic heterocycles. The van der Waals surface area contributed by atoms with Gasteiger partial charge in [-0.3, -0.25) is 4.99 Å². The van der Waals surface area contributed by atoms with Crippen LogP contribution in [0.5, 0.6) is 5.75 Å². The van der Waals surface area contributed by atoms with Crippen LogP contribution < -0.4 is 15.4 Å². The van der Waals surface area contributed by atoms with Gasteiger partial charge in [0.25, 0.3) is 0 Å². The molecule has 0 heterocycles. The van der Waals surface area contributed by atoms with Crippen LogP contribution >= 0.6 is 0 Å². The number of hydrogen-bond donors (Lipinski definition) is 2. The fourth-order valence-corrected chi connectivity index (χ4v) is 1.86. The molecule has 0 aliphatic heterocycles. The van der Waals surface area contributed by atoms with Crippen LogP contribution in [0.15, 0.2) is 29.3 Å². The zero-order chi connectivity index (χ0) is 16.4. The summed E-state index contributed by atoms with van der Waals surface area (Å²) < 4.78 is 29.2. The third-order valence-corrected chi connectivity index (χ3v) is 2.93. The van der Waals surface area contributed by atoms with E-state index >= 15 is 0 Å². The Kier molecular flexibility index (Phi) is 8.21. The molecular weight excluding hydrogens is 290 g/mol. The summed E-state index contributed by atoms with van der Waals surface area (Å²) in [5, 5.41) is 6.27. The largest absolute Gasteiger partial charge is 0.434 e. The number of benzene rings is 1. The van der Waals surface area contributed by atoms with Crippen molar-refractivity contribution in [1.82, 2.24) is 15.5 Å². The van der Waals surface area contributed by atoms with Crippen molar-refractivity contribution in [2.45, 2.75) is 19.6 Å². The molecule has 5 nitrogen and oxygen atoms in total. The molecule has 22 heavy (non-hydrogen) atoms. The normalized spacial score (nSPS) is 11.9. The Hall–Kier alpha value is -1.89. The Balaban J connectivity index is 2.46. The second kappa shape index (κ2) is 9.94. The lowest BCUT2D eigenvalue weighted by atomic mass is 10.2. The third kappa shape index (κ3) is 7.21. The smallest absolute Gasteiger partial charge is 0.387 e. The van der Waals surface area contributed by atoms with Crippen molar-refractivity contribution in [3.63, 3.8) is 0 Å². The average Bonchev–Trinajstić information content (AvgIpc) is 2.47. The third-order valence-electron chi connectivity index (χ3n) is 2.93. The van der Waals surface area contributed by atoms with E-state index in [1.54, 1.807) is 25.2 Å². The molecule has 1 rings (SSSR count). The van der Waals surface area contributed by atoms with Crippen molar-refractivity contribution in [3.05, 3.63) is 29.8 Å². The van der Waals surface area contributed by atoms with Crippen LogP contribution in [-0.2, 0) is 6.54 Å². The van der Waals surface area contributed by atoms with E-state index in [9.17, 15) is 8.78 Å². The van der Waals surface area contributed by atoms with Crippen molar-refractivity contribution in [1.29, 1.82) is 0 Å². The highest BCUT2D eigenvalue weighted by molar-refractivity contribution is 5.79. The minimum atomic E-state index is -2.83. The van der Waals surface area contributed by atoms with Crippen LogP contribution in [0, 0.1) is 0 Å². The number of nitrogens with zero attached hydrogens (tertiary/aromatic N) is 2. The predicted molar refractivity (Wildman–Crippen MR) is 84.4 cm³/mol. The summed E-state index contributed by atoms with van der Waals surface area (Å²) in [5.41, 5.74) is 0.652. The van der Waals surface area contributed by atoms with Crippen LogP contribution in [-0.4, -0.2) is 51.7 Å². The van der Waals surface area contributed by atoms with Crippen molar-refractivity contribution >= 4 is 5.96 Å². The summed E-state index contributed by atoms with van der Waals surface area (Å²) in [7, 11) is 5.71. The number of hydrogen-bond acceptors (Lipinski definition) is 3. The minimum Gasteiger partial charge on any atom is -0.434 e. The van der Waals surface area contributed by atoms with Gasteiger partial charge in [-0.1, -0.05) is 18.2 Å². The summed E-state index contributed by atoms with van der Waals surface area (Å²) in [4.78, 5) is 6.21. The van der Waals surface area contributed by atoms with Crippen molar-refractivity contribution < 1.29 is 13.5 Å². The standard InChI is InChI=1S/C15H24F2N4O/c1-18-15(19-9-6-10-21(2)3)20-11-12-7-4-5-8-13(12)22-14(16)17/h4-5,7-8,14H,6,9-11H2,1-3H3,(H2,18,19,20). The van der Waals surface area contributed by atoms with Gasteiger partial charge in [0.2, 0.25) is 0 Å². The van der Waals surface area contributed by atoms with Crippen LogP contribution in [0.3, 0.4) is 0 Å². The van der Waals surface area contributed by atoms with E-state index in [4.69, 9.17) is 0 Å². The zero-order valence-electron chi connectivity index (χ0n) is 13.3. The predicted octanol–water partition coefficient (Wildman–Crippen LogP) is 1.90. The molecular formula is C15H24F2N4O. The molecule has 0 unspecified atom stereocenters. The van der Waals surface area contributed by atoms with Gasteiger partial charge in [0, 0.05) is 25.7 Å². The van der Waals surface area contributed by atoms with Crippen LogP contribution in [0.4, 0.5) is 8.78 Å². The van der Waals surface area contributed by atoms with Gasteiger partial charge in [0.1, 0.15) is 5.75 Å². The van der Waals surface area contributed by atoms with Crippen molar-refractivity contribution in [2.24, 2.45) is 4.99 Å². The Bertz CT molecular complexity index is 467. The van der Waals surface area contributed by atoms with Crippen molar-refractivity contribution in [3.8, 4) is 5.75 Å². The quantitative estimate of drug-likeness (QED) is 0.437. The van der Waals surface area contributed by atoms with Gasteiger partial charge in [-0.25, -0.2) is 0 Å². The van der Waals surface area contributed by atoms with E-state index in [1.165, 1.54) is 6.07 Å². The highest BCUT2D eigenvalue weighted by Crippen LogP contribution is 2.19. The molecule has 0 saturated carbocycles. The van der Waals surface area contributed by atoms with Gasteiger partial charge < -0.3 is 20.3 Å². The van der Waals surface area contributed by atoms with Gasteiger partial charge >= 0.3 is 6.61 Å². The van der Waals surface area contributed by atoms with E-state index in [0.717, 1.165) is 19.5 Å². The lowest BCUT2D eigenvalue weighted by Gasteiger charge is -2.15. The summed E-state index contributed by atoms with van der Waals surface area (Å²) in [6.07, 6.45) is 0.985. The maximum atomic E-state index is 12.4. The summed E-state index contributed by atoms with van der Waals surface area (Å²) >= 11 is 0. The number of ether oxygens (including phenoxy) is 1. The number of nitrogens with one attached hydrogen (secondary N) is 2. The molecule has 0 radical (unpaired) electrons. The number of halogens is 2. The number of aliphatic imine (C=N–C) groups is 1. The van der Waals surface area contributed by atoms with E-state index in [0.29, 0.717) is 18.1 Å². The zero-order valence-corrected chi connectivity index (χ0v) is 13.3. The fraction of sp³-hybridized carbons (Fsp3) is 0.533. The van der Waals surface area contributed by atoms with Gasteiger partial charge in [-0.15, -0.1) is 0 Å². The first-order valence-electron chi connectivity index (χ1n) is 7.15. The molecule has 7 heteroatoms. The summed E-state index contributed by atoms with van der Waals surface area (Å²) in [6, 6.07) is 6.71. The van der Waals surface area contributed by atoms with E-state index in [2.05, 4.69) is 25.3 Å². The number of para-hydroxylation sites is 1. The SMILES string of the molecule is CN=C(NCCCN(C)C)NCc1ccccc1OC(F)F. The van der Waals surface area contributed by atoms with Gasteiger partial charge in [-0.05, 0) is 33.1 Å². The lowest BCUT2D eigenvalue weighted by Crippen LogP contribution is -2.38. The molecule has 0 saturated heterocycles. The highest BCUT2D eigenvalue weighted by atomic mass is 19.3. The van der Waals surface area contributed by atoms with Crippen LogP contribution in [0.25, 0.3) is 0 Å². The first-order chi connectivity index (χ1) is 10.5. The Morgan fingerprint density at radius 3 is 2.64 bits per heavy atom. The molecule has 0 atom stereocenters. The highest BCUT2D eigenvalue weighted by Gasteiger charge is 2.09. The average molecular weight is 314 g/mol. The molecule has 0 amide bonds. The van der Waals surface area contributed by atoms with Gasteiger partial charge in [0.05, 0.1) is 0 Å². The maximum Gasteiger partial charge on any atom is 0.387 e. The minimum absolute atomic E-state index is 0.174. The molecule has 1 aromatic rings. The second-order valence-electron chi connectivity index (χ2n) is 5.00. The topological polar surface area (TPSA) is 48.9 Å². The second-order valence-corrected chi connectivity index (χ2v) is 5.00. The molecule has 2 N–H and O–H groups in total. The van der Waals surface area contributed by atoms with Crippen molar-refractivity contribution in [2.75, 3.05) is 34.2 Å². The number of rotatable bonds is 8. The molecule has 0 spiro atoms. The number of guanidine groups is 1. The lowest BCUT2D eigenvalue weighted by molar-refractivity contribution is -0.0504. The van der Waals surface area contributed by atoms with Gasteiger partial charge in [0.15, 0.2) is 5.96 Å². The summed E-state index contributed by atoms with van der Waals surface area (Å²) in [6.45, 7) is -0.706. The molecule has 1 aromatic carbocycles. The van der Waals surface area contributed by atoms with E-state index in [-0.39, 0.29) is 5.75 Å². The van der Waals surface area contributed by atoms with Crippen LogP contribution in [0.1, 0.15) is 12.0 Å². The molecule has 0 fully saturated rings. The Morgan fingerprint density at radius 1 is 1.27 bits per heavy atom. The maximum absolute atomic E-state index is 12.4. The fourth-order valence-electron chi connectivity index (χ4n) is 1.86. The van der Waals surface area contributed by atoms with E-state index in [1.807, 2.05) is 14.1 Å². The molecule has 0 aliphatic rings. The number of alkyl halides is 2. The first kappa shape index (κ1) is 18.2. The first-order valence-corrected chi connectivity index (χ1v) is 7.15. The van der Waals surface area contributed by atoms with E-state index < -0.39 is 6.61 Å². The Labute approximate surface area is 130 Å². The van der Waals surface area contributed by atoms with Gasteiger partial charge in [-0.2, -0.15) is 8.78 Å². The molecule has 124 valence electrons. The monoisotopic (exact) mass is 314 g/mol. The molecule has 0 aliphatic carbocycles.